The van der Waals surface area contributed by atoms with E-state index in [1.165, 1.54) is 11.3 Å². The summed E-state index contributed by atoms with van der Waals surface area (Å²) in [5.74, 6) is 5.35. The second kappa shape index (κ2) is 7.17. The predicted molar refractivity (Wildman–Crippen MR) is 71.7 cm³/mol. The molecule has 1 aromatic rings. The third-order valence-corrected chi connectivity index (χ3v) is 3.55. The van der Waals surface area contributed by atoms with Crippen LogP contribution in [0.5, 0.6) is 0 Å². The first-order chi connectivity index (χ1) is 8.60. The number of rotatable bonds is 4. The van der Waals surface area contributed by atoms with Gasteiger partial charge in [0.15, 0.2) is 0 Å². The smallest absolute Gasteiger partial charge is 0.263 e. The lowest BCUT2D eigenvalue weighted by molar-refractivity contribution is 0.0791. The van der Waals surface area contributed by atoms with Gasteiger partial charge in [-0.2, -0.15) is 0 Å². The van der Waals surface area contributed by atoms with Crippen molar-refractivity contribution in [2.45, 2.75) is 13.3 Å². The third-order valence-electron chi connectivity index (χ3n) is 2.41. The van der Waals surface area contributed by atoms with Crippen molar-refractivity contribution >= 4 is 17.2 Å². The number of thiophene rings is 1. The maximum absolute atomic E-state index is 12.0. The van der Waals surface area contributed by atoms with Crippen LogP contribution >= 0.6 is 11.3 Å². The molecule has 18 heavy (non-hydrogen) atoms. The molecule has 0 fully saturated rings. The Morgan fingerprint density at radius 1 is 1.50 bits per heavy atom. The number of hydrogen-bond acceptors (Lipinski definition) is 4. The standard InChI is InChI=1S/C13H17NO3S/c1-10-9-12(18-11(10)5-3-7-15)13(17)14(2)6-4-8-16/h9,15-16H,4,6-8H2,1-2H3. The SMILES string of the molecule is Cc1cc(C(=O)N(C)CCCO)sc1C#CCO. The van der Waals surface area contributed by atoms with Crippen molar-refractivity contribution in [2.24, 2.45) is 0 Å². The number of aliphatic hydroxyl groups excluding tert-OH is 2. The molecule has 0 aliphatic heterocycles. The zero-order valence-electron chi connectivity index (χ0n) is 10.6. The van der Waals surface area contributed by atoms with Gasteiger partial charge >= 0.3 is 0 Å². The molecule has 0 bridgehead atoms. The summed E-state index contributed by atoms with van der Waals surface area (Å²) in [6.07, 6.45) is 0.573. The van der Waals surface area contributed by atoms with Gasteiger partial charge in [0.1, 0.15) is 6.61 Å². The number of carbonyl (C=O) groups excluding carboxylic acids is 1. The van der Waals surface area contributed by atoms with Crippen molar-refractivity contribution in [3.05, 3.63) is 21.4 Å². The minimum Gasteiger partial charge on any atom is -0.396 e. The Morgan fingerprint density at radius 2 is 2.22 bits per heavy atom. The van der Waals surface area contributed by atoms with E-state index in [1.54, 1.807) is 11.9 Å². The minimum absolute atomic E-state index is 0.0615. The summed E-state index contributed by atoms with van der Waals surface area (Å²) in [6.45, 7) is 2.32. The van der Waals surface area contributed by atoms with Crippen molar-refractivity contribution < 1.29 is 15.0 Å². The minimum atomic E-state index is -0.184. The quantitative estimate of drug-likeness (QED) is 0.795. The summed E-state index contributed by atoms with van der Waals surface area (Å²) in [7, 11) is 1.71. The van der Waals surface area contributed by atoms with Gasteiger partial charge in [0.25, 0.3) is 5.91 Å². The average Bonchev–Trinajstić information content (AvgIpc) is 2.73. The summed E-state index contributed by atoms with van der Waals surface area (Å²) >= 11 is 1.33. The van der Waals surface area contributed by atoms with Crippen LogP contribution in [0.15, 0.2) is 6.07 Å². The Kier molecular flexibility index (Phi) is 5.86. The van der Waals surface area contributed by atoms with Gasteiger partial charge < -0.3 is 15.1 Å². The molecule has 0 atom stereocenters. The summed E-state index contributed by atoms with van der Waals surface area (Å²) in [5, 5.41) is 17.4. The molecule has 0 spiro atoms. The molecule has 0 saturated heterocycles. The number of hydrogen-bond donors (Lipinski definition) is 2. The van der Waals surface area contributed by atoms with Crippen LogP contribution in [0.1, 0.15) is 26.5 Å². The van der Waals surface area contributed by atoms with Gasteiger partial charge in [-0.1, -0.05) is 11.8 Å². The van der Waals surface area contributed by atoms with Crippen molar-refractivity contribution in [1.82, 2.24) is 4.90 Å². The Bertz CT molecular complexity index is 470. The Labute approximate surface area is 111 Å². The van der Waals surface area contributed by atoms with Crippen LogP contribution in [0.25, 0.3) is 0 Å². The largest absolute Gasteiger partial charge is 0.396 e. The van der Waals surface area contributed by atoms with Gasteiger partial charge in [0, 0.05) is 20.2 Å². The summed E-state index contributed by atoms with van der Waals surface area (Å²) in [6, 6.07) is 1.81. The van der Waals surface area contributed by atoms with E-state index in [1.807, 2.05) is 13.0 Å². The Balaban J connectivity index is 2.81. The molecule has 1 amide bonds. The van der Waals surface area contributed by atoms with Crippen molar-refractivity contribution in [2.75, 3.05) is 26.8 Å². The van der Waals surface area contributed by atoms with E-state index in [9.17, 15) is 4.79 Å². The fourth-order valence-corrected chi connectivity index (χ4v) is 2.47. The highest BCUT2D eigenvalue weighted by Gasteiger charge is 2.15. The van der Waals surface area contributed by atoms with Crippen LogP contribution in [0, 0.1) is 18.8 Å². The molecule has 0 aromatic carbocycles. The van der Waals surface area contributed by atoms with Crippen LogP contribution in [0.2, 0.25) is 0 Å². The molecule has 2 N–H and O–H groups in total. The van der Waals surface area contributed by atoms with Gasteiger partial charge in [-0.3, -0.25) is 4.79 Å². The molecule has 4 nitrogen and oxygen atoms in total. The zero-order valence-corrected chi connectivity index (χ0v) is 11.4. The lowest BCUT2D eigenvalue weighted by Gasteiger charge is -2.14. The normalized spacial score (nSPS) is 9.78. The lowest BCUT2D eigenvalue weighted by atomic mass is 10.2. The zero-order chi connectivity index (χ0) is 13.5. The highest BCUT2D eigenvalue weighted by atomic mass is 32.1. The predicted octanol–water partition coefficient (Wildman–Crippen LogP) is 0.855. The topological polar surface area (TPSA) is 60.8 Å². The van der Waals surface area contributed by atoms with Gasteiger partial charge in [-0.15, -0.1) is 11.3 Å². The van der Waals surface area contributed by atoms with Crippen LogP contribution in [-0.4, -0.2) is 47.8 Å². The Morgan fingerprint density at radius 3 is 2.83 bits per heavy atom. The van der Waals surface area contributed by atoms with E-state index < -0.39 is 0 Å². The summed E-state index contributed by atoms with van der Waals surface area (Å²) in [4.78, 5) is 15.1. The van der Waals surface area contributed by atoms with Gasteiger partial charge in [0.05, 0.1) is 9.75 Å². The molecule has 0 radical (unpaired) electrons. The fourth-order valence-electron chi connectivity index (χ4n) is 1.43. The fraction of sp³-hybridized carbons (Fsp3) is 0.462. The van der Waals surface area contributed by atoms with Crippen molar-refractivity contribution in [1.29, 1.82) is 0 Å². The van der Waals surface area contributed by atoms with Gasteiger partial charge in [-0.25, -0.2) is 0 Å². The summed E-state index contributed by atoms with van der Waals surface area (Å²) in [5.41, 5.74) is 0.944. The van der Waals surface area contributed by atoms with Gasteiger partial charge in [0.2, 0.25) is 0 Å². The highest BCUT2D eigenvalue weighted by molar-refractivity contribution is 7.14. The molecular weight excluding hydrogens is 250 g/mol. The van der Waals surface area contributed by atoms with Crippen molar-refractivity contribution in [3.8, 4) is 11.8 Å². The number of aryl methyl sites for hydroxylation is 1. The summed E-state index contributed by atoms with van der Waals surface area (Å²) < 4.78 is 0. The van der Waals surface area contributed by atoms with Crippen LogP contribution in [0.4, 0.5) is 0 Å². The Hall–Kier alpha value is -1.35. The first kappa shape index (κ1) is 14.7. The molecule has 0 aliphatic carbocycles. The molecule has 5 heteroatoms. The lowest BCUT2D eigenvalue weighted by Crippen LogP contribution is -2.27. The molecule has 0 unspecified atom stereocenters. The van der Waals surface area contributed by atoms with E-state index in [4.69, 9.17) is 10.2 Å². The van der Waals surface area contributed by atoms with Crippen molar-refractivity contribution in [3.63, 3.8) is 0 Å². The molecule has 1 aromatic heterocycles. The van der Waals surface area contributed by atoms with E-state index >= 15 is 0 Å². The monoisotopic (exact) mass is 267 g/mol. The number of nitrogens with zero attached hydrogens (tertiary/aromatic N) is 1. The number of carbonyl (C=O) groups is 1. The third kappa shape index (κ3) is 3.84. The molecular formula is C13H17NO3S. The van der Waals surface area contributed by atoms with Crippen LogP contribution in [-0.2, 0) is 0 Å². The number of amides is 1. The first-order valence-electron chi connectivity index (χ1n) is 5.66. The maximum Gasteiger partial charge on any atom is 0.263 e. The number of aliphatic hydroxyl groups is 2. The van der Waals surface area contributed by atoms with E-state index in [2.05, 4.69) is 11.8 Å². The molecule has 1 rings (SSSR count). The second-order valence-corrected chi connectivity index (χ2v) is 4.94. The van der Waals surface area contributed by atoms with E-state index in [0.29, 0.717) is 17.8 Å². The average molecular weight is 267 g/mol. The molecule has 98 valence electrons. The van der Waals surface area contributed by atoms with E-state index in [0.717, 1.165) is 10.4 Å². The van der Waals surface area contributed by atoms with Crippen LogP contribution < -0.4 is 0 Å². The van der Waals surface area contributed by atoms with E-state index in [-0.39, 0.29) is 19.1 Å². The van der Waals surface area contributed by atoms with Gasteiger partial charge in [-0.05, 0) is 25.0 Å². The molecule has 0 aliphatic rings. The molecule has 0 saturated carbocycles. The maximum atomic E-state index is 12.0. The van der Waals surface area contributed by atoms with Crippen LogP contribution in [0.3, 0.4) is 0 Å². The highest BCUT2D eigenvalue weighted by Crippen LogP contribution is 2.22. The second-order valence-electron chi connectivity index (χ2n) is 3.89. The first-order valence-corrected chi connectivity index (χ1v) is 6.48. The molecule has 1 heterocycles.